The standard InChI is InChI=1S/C24H30N2O4/c1-29-21-8-4-5-9-22(21)30-20-7-3-2-6-19(20)18-25-14-10-24(11-15-25)12-16-26(17-13-24)23(27)28/h2-9H,10-18H2,1H3,(H,27,28). The lowest BCUT2D eigenvalue weighted by Gasteiger charge is -2.46. The number of methoxy groups -OCH3 is 1. The molecule has 6 nitrogen and oxygen atoms in total. The molecule has 6 heteroatoms. The fourth-order valence-corrected chi connectivity index (χ4v) is 4.65. The first-order chi connectivity index (χ1) is 14.6. The third-order valence-corrected chi connectivity index (χ3v) is 6.67. The Morgan fingerprint density at radius 3 is 2.10 bits per heavy atom. The zero-order chi connectivity index (χ0) is 21.0. The zero-order valence-electron chi connectivity index (χ0n) is 17.5. The average molecular weight is 411 g/mol. The van der Waals surface area contributed by atoms with Gasteiger partial charge in [-0.05, 0) is 62.4 Å². The molecule has 2 heterocycles. The van der Waals surface area contributed by atoms with Crippen molar-refractivity contribution in [3.8, 4) is 17.2 Å². The van der Waals surface area contributed by atoms with Crippen molar-refractivity contribution >= 4 is 6.09 Å². The maximum Gasteiger partial charge on any atom is 0.407 e. The Hall–Kier alpha value is -2.73. The second kappa shape index (κ2) is 8.96. The van der Waals surface area contributed by atoms with E-state index in [1.54, 1.807) is 12.0 Å². The summed E-state index contributed by atoms with van der Waals surface area (Å²) in [6, 6.07) is 15.9. The van der Waals surface area contributed by atoms with Crippen molar-refractivity contribution in [1.82, 2.24) is 9.80 Å². The van der Waals surface area contributed by atoms with E-state index < -0.39 is 6.09 Å². The molecule has 2 fully saturated rings. The highest BCUT2D eigenvalue weighted by molar-refractivity contribution is 5.65. The number of hydrogen-bond acceptors (Lipinski definition) is 4. The van der Waals surface area contributed by atoms with Crippen molar-refractivity contribution in [3.63, 3.8) is 0 Å². The summed E-state index contributed by atoms with van der Waals surface area (Å²) in [5, 5.41) is 9.19. The van der Waals surface area contributed by atoms with Gasteiger partial charge in [0.1, 0.15) is 5.75 Å². The van der Waals surface area contributed by atoms with Gasteiger partial charge in [-0.15, -0.1) is 0 Å². The van der Waals surface area contributed by atoms with Gasteiger partial charge in [-0.2, -0.15) is 0 Å². The van der Waals surface area contributed by atoms with Crippen LogP contribution in [0.3, 0.4) is 0 Å². The van der Waals surface area contributed by atoms with E-state index in [0.29, 0.717) is 18.5 Å². The number of carbonyl (C=O) groups is 1. The van der Waals surface area contributed by atoms with Crippen LogP contribution in [0.5, 0.6) is 17.2 Å². The summed E-state index contributed by atoms with van der Waals surface area (Å²) < 4.78 is 11.6. The highest BCUT2D eigenvalue weighted by Gasteiger charge is 2.38. The van der Waals surface area contributed by atoms with Crippen LogP contribution in [-0.4, -0.2) is 54.3 Å². The van der Waals surface area contributed by atoms with Crippen LogP contribution in [0, 0.1) is 5.41 Å². The summed E-state index contributed by atoms with van der Waals surface area (Å²) in [4.78, 5) is 15.2. The van der Waals surface area contributed by atoms with Gasteiger partial charge in [0.2, 0.25) is 0 Å². The summed E-state index contributed by atoms with van der Waals surface area (Å²) in [6.45, 7) is 4.27. The highest BCUT2D eigenvalue weighted by Crippen LogP contribution is 2.42. The van der Waals surface area contributed by atoms with Gasteiger partial charge in [0.15, 0.2) is 11.5 Å². The molecule has 0 atom stereocenters. The monoisotopic (exact) mass is 410 g/mol. The van der Waals surface area contributed by atoms with Gasteiger partial charge in [-0.1, -0.05) is 30.3 Å². The van der Waals surface area contributed by atoms with E-state index in [2.05, 4.69) is 17.0 Å². The van der Waals surface area contributed by atoms with E-state index in [9.17, 15) is 9.90 Å². The normalized spacial score (nSPS) is 18.9. The molecule has 2 aliphatic rings. The topological polar surface area (TPSA) is 62.2 Å². The molecule has 4 rings (SSSR count). The average Bonchev–Trinajstić information content (AvgIpc) is 2.77. The summed E-state index contributed by atoms with van der Waals surface area (Å²) in [5.41, 5.74) is 1.48. The Kier molecular flexibility index (Phi) is 6.13. The minimum absolute atomic E-state index is 0.315. The molecule has 2 aromatic carbocycles. The maximum absolute atomic E-state index is 11.2. The van der Waals surface area contributed by atoms with Gasteiger partial charge in [0.05, 0.1) is 7.11 Å². The lowest BCUT2D eigenvalue weighted by atomic mass is 9.71. The van der Waals surface area contributed by atoms with Gasteiger partial charge in [0, 0.05) is 25.2 Å². The molecule has 1 N–H and O–H groups in total. The molecular weight excluding hydrogens is 380 g/mol. The van der Waals surface area contributed by atoms with Crippen molar-refractivity contribution in [3.05, 3.63) is 54.1 Å². The van der Waals surface area contributed by atoms with Gasteiger partial charge in [-0.25, -0.2) is 4.79 Å². The molecule has 160 valence electrons. The summed E-state index contributed by atoms with van der Waals surface area (Å²) >= 11 is 0. The minimum atomic E-state index is -0.783. The van der Waals surface area contributed by atoms with Crippen LogP contribution in [0.25, 0.3) is 0 Å². The smallest absolute Gasteiger partial charge is 0.407 e. The van der Waals surface area contributed by atoms with E-state index in [4.69, 9.17) is 9.47 Å². The SMILES string of the molecule is COc1ccccc1Oc1ccccc1CN1CCC2(CC1)CCN(C(=O)O)CC2. The molecule has 2 aromatic rings. The fourth-order valence-electron chi connectivity index (χ4n) is 4.65. The van der Waals surface area contributed by atoms with E-state index >= 15 is 0 Å². The number of para-hydroxylation sites is 3. The molecule has 1 spiro atoms. The summed E-state index contributed by atoms with van der Waals surface area (Å²) in [6.07, 6.45) is 3.46. The van der Waals surface area contributed by atoms with Crippen LogP contribution in [-0.2, 0) is 6.54 Å². The lowest BCUT2D eigenvalue weighted by Crippen LogP contribution is -2.47. The first-order valence-corrected chi connectivity index (χ1v) is 10.7. The molecule has 0 saturated carbocycles. The van der Waals surface area contributed by atoms with E-state index in [1.165, 1.54) is 5.56 Å². The quantitative estimate of drug-likeness (QED) is 0.764. The van der Waals surface area contributed by atoms with Crippen molar-refractivity contribution in [2.45, 2.75) is 32.2 Å². The fraction of sp³-hybridized carbons (Fsp3) is 0.458. The van der Waals surface area contributed by atoms with Crippen molar-refractivity contribution in [2.75, 3.05) is 33.3 Å². The van der Waals surface area contributed by atoms with Crippen LogP contribution in [0.1, 0.15) is 31.2 Å². The number of benzene rings is 2. The molecular formula is C24H30N2O4. The number of amides is 1. The number of rotatable bonds is 5. The Balaban J connectivity index is 1.38. The highest BCUT2D eigenvalue weighted by atomic mass is 16.5. The number of hydrogen-bond donors (Lipinski definition) is 1. The van der Waals surface area contributed by atoms with Crippen LogP contribution in [0.2, 0.25) is 0 Å². The molecule has 1 amide bonds. The van der Waals surface area contributed by atoms with Crippen molar-refractivity contribution in [2.24, 2.45) is 5.41 Å². The molecule has 0 radical (unpaired) electrons. The number of piperidine rings is 2. The lowest BCUT2D eigenvalue weighted by molar-refractivity contribution is 0.0339. The Bertz CT molecular complexity index is 867. The molecule has 30 heavy (non-hydrogen) atoms. The van der Waals surface area contributed by atoms with Gasteiger partial charge >= 0.3 is 6.09 Å². The number of carboxylic acid groups (broad SMARTS) is 1. The first-order valence-electron chi connectivity index (χ1n) is 10.7. The Morgan fingerprint density at radius 2 is 1.47 bits per heavy atom. The van der Waals surface area contributed by atoms with Crippen LogP contribution in [0.15, 0.2) is 48.5 Å². The van der Waals surface area contributed by atoms with Gasteiger partial charge in [-0.3, -0.25) is 4.90 Å². The maximum atomic E-state index is 11.2. The zero-order valence-corrected chi connectivity index (χ0v) is 17.5. The predicted molar refractivity (Wildman–Crippen MR) is 115 cm³/mol. The van der Waals surface area contributed by atoms with Gasteiger partial charge in [0.25, 0.3) is 0 Å². The Morgan fingerprint density at radius 1 is 0.900 bits per heavy atom. The number of nitrogens with zero attached hydrogens (tertiary/aromatic N) is 2. The van der Waals surface area contributed by atoms with Crippen LogP contribution < -0.4 is 9.47 Å². The third kappa shape index (κ3) is 4.54. The van der Waals surface area contributed by atoms with E-state index in [-0.39, 0.29) is 0 Å². The second-order valence-corrected chi connectivity index (χ2v) is 8.41. The Labute approximate surface area is 178 Å². The van der Waals surface area contributed by atoms with E-state index in [0.717, 1.165) is 62.6 Å². The predicted octanol–water partition coefficient (Wildman–Crippen LogP) is 4.84. The molecule has 0 unspecified atom stereocenters. The molecule has 0 bridgehead atoms. The van der Waals surface area contributed by atoms with Gasteiger partial charge < -0.3 is 19.5 Å². The van der Waals surface area contributed by atoms with Crippen molar-refractivity contribution in [1.29, 1.82) is 0 Å². The third-order valence-electron chi connectivity index (χ3n) is 6.67. The summed E-state index contributed by atoms with van der Waals surface area (Å²) in [7, 11) is 1.65. The molecule has 0 aliphatic carbocycles. The van der Waals surface area contributed by atoms with Crippen molar-refractivity contribution < 1.29 is 19.4 Å². The van der Waals surface area contributed by atoms with Crippen LogP contribution in [0.4, 0.5) is 4.79 Å². The van der Waals surface area contributed by atoms with Crippen LogP contribution >= 0.6 is 0 Å². The number of ether oxygens (including phenoxy) is 2. The first kappa shape index (κ1) is 20.5. The minimum Gasteiger partial charge on any atom is -0.493 e. The summed E-state index contributed by atoms with van der Waals surface area (Å²) in [5.74, 6) is 2.30. The molecule has 0 aromatic heterocycles. The van der Waals surface area contributed by atoms with E-state index in [1.807, 2.05) is 36.4 Å². The largest absolute Gasteiger partial charge is 0.493 e. The molecule has 2 aliphatic heterocycles. The second-order valence-electron chi connectivity index (χ2n) is 8.41. The number of likely N-dealkylation sites (tertiary alicyclic amines) is 2. The molecule has 2 saturated heterocycles.